The van der Waals surface area contributed by atoms with E-state index in [1.54, 1.807) is 25.0 Å². The number of benzene rings is 2. The summed E-state index contributed by atoms with van der Waals surface area (Å²) in [7, 11) is 0. The van der Waals surface area contributed by atoms with E-state index in [0.717, 1.165) is 11.1 Å². The Kier molecular flexibility index (Phi) is 19.9. The van der Waals surface area contributed by atoms with E-state index < -0.39 is 0 Å². The highest BCUT2D eigenvalue weighted by molar-refractivity contribution is 6.00. The molecule has 1 heterocycles. The molecule has 61 heavy (non-hydrogen) atoms. The minimum Gasteiger partial charge on any atom is -0.465 e. The topological polar surface area (TPSA) is 67.1 Å². The van der Waals surface area contributed by atoms with Crippen molar-refractivity contribution in [3.8, 4) is 34.3 Å². The molecule has 0 aliphatic carbocycles. The van der Waals surface area contributed by atoms with Crippen LogP contribution in [0.2, 0.25) is 0 Å². The Morgan fingerprint density at radius 3 is 1.21 bits per heavy atom. The Bertz CT molecular complexity index is 2150. The Morgan fingerprint density at radius 1 is 0.426 bits per heavy atom. The van der Waals surface area contributed by atoms with Crippen LogP contribution in [0.15, 0.2) is 95.0 Å². The molecule has 330 valence electrons. The number of allylic oxidation sites excluding steroid dienone is 8. The normalized spacial score (nSPS) is 13.3. The third kappa shape index (κ3) is 15.6. The molecule has 0 aliphatic rings. The number of fused-ring (bicyclic) bond motifs is 1. The summed E-state index contributed by atoms with van der Waals surface area (Å²) in [4.78, 5) is 15.6. The van der Waals surface area contributed by atoms with Gasteiger partial charge < -0.3 is 23.4 Å². The van der Waals surface area contributed by atoms with Gasteiger partial charge in [0.25, 0.3) is 0 Å². The summed E-state index contributed by atoms with van der Waals surface area (Å²) in [5.74, 6) is 3.57. The monoisotopic (exact) mass is 831 g/mol. The molecule has 3 aromatic rings. The lowest BCUT2D eigenvalue weighted by molar-refractivity contribution is 0.441. The number of rotatable bonds is 21. The minimum absolute atomic E-state index is 0.0415. The van der Waals surface area contributed by atoms with Gasteiger partial charge in [0, 0.05) is 5.56 Å². The van der Waals surface area contributed by atoms with Gasteiger partial charge in [0.1, 0.15) is 16.9 Å². The number of hydrogen-bond donors (Lipinski definition) is 0. The summed E-state index contributed by atoms with van der Waals surface area (Å²) in [6.45, 7) is 33.6. The predicted octanol–water partition coefficient (Wildman–Crippen LogP) is 16.3. The van der Waals surface area contributed by atoms with Crippen molar-refractivity contribution < 1.29 is 23.4 Å². The van der Waals surface area contributed by atoms with Crippen LogP contribution in [0.25, 0.3) is 46.6 Å². The van der Waals surface area contributed by atoms with E-state index in [4.69, 9.17) is 23.4 Å². The van der Waals surface area contributed by atoms with Gasteiger partial charge in [-0.15, -0.1) is 0 Å². The molecular formula is C55H74O6. The minimum atomic E-state index is -0.377. The lowest BCUT2D eigenvalue weighted by Crippen LogP contribution is -2.12. The molecule has 0 saturated carbocycles. The first-order valence-electron chi connectivity index (χ1n) is 22.3. The van der Waals surface area contributed by atoms with Crippen molar-refractivity contribution in [2.45, 2.75) is 111 Å². The average Bonchev–Trinajstić information content (AvgIpc) is 3.15. The van der Waals surface area contributed by atoms with Crippen molar-refractivity contribution in [1.82, 2.24) is 0 Å². The molecule has 1 aromatic heterocycles. The summed E-state index contributed by atoms with van der Waals surface area (Å²) < 4.78 is 33.2. The van der Waals surface area contributed by atoms with Crippen LogP contribution >= 0.6 is 0 Å². The number of ether oxygens (including phenoxy) is 4. The third-order valence-corrected chi connectivity index (χ3v) is 8.91. The zero-order valence-corrected chi connectivity index (χ0v) is 40.0. The maximum Gasteiger partial charge on any atom is 0.239 e. The van der Waals surface area contributed by atoms with E-state index in [0.29, 0.717) is 45.4 Å². The van der Waals surface area contributed by atoms with Crippen molar-refractivity contribution in [3.63, 3.8) is 0 Å². The van der Waals surface area contributed by atoms with Gasteiger partial charge in [-0.2, -0.15) is 0 Å². The second kappa shape index (κ2) is 24.3. The Hall–Kier alpha value is -5.23. The summed E-state index contributed by atoms with van der Waals surface area (Å²) in [5, 5.41) is 0.245. The molecule has 6 nitrogen and oxygen atoms in total. The Labute approximate surface area is 368 Å². The van der Waals surface area contributed by atoms with Crippen molar-refractivity contribution >= 4 is 35.3 Å². The van der Waals surface area contributed by atoms with E-state index >= 15 is 4.79 Å². The summed E-state index contributed by atoms with van der Waals surface area (Å²) in [6.07, 6.45) is 31.1. The zero-order chi connectivity index (χ0) is 45.4. The van der Waals surface area contributed by atoms with Crippen LogP contribution < -0.4 is 24.4 Å². The van der Waals surface area contributed by atoms with E-state index in [-0.39, 0.29) is 63.8 Å². The SMILES string of the molecule is CC(C)/C=C\Oc1c(/C=C/C(C)C)c(O/C=C/C(C)C)c2c(=O)c(O/C=C/C(C)C)c(-c3c(/C=C/C(C)C)cc(O/C=C/C(C)C)cc3/C=C/C(C)C)oc2c1/C=C/C(C)C. The molecule has 2 aromatic carbocycles. The van der Waals surface area contributed by atoms with E-state index in [1.807, 2.05) is 48.6 Å². The van der Waals surface area contributed by atoms with Crippen LogP contribution in [0.1, 0.15) is 133 Å². The highest BCUT2D eigenvalue weighted by atomic mass is 16.5. The quantitative estimate of drug-likeness (QED) is 0.0996. The van der Waals surface area contributed by atoms with Gasteiger partial charge in [0.2, 0.25) is 11.2 Å². The smallest absolute Gasteiger partial charge is 0.239 e. The predicted molar refractivity (Wildman–Crippen MR) is 262 cm³/mol. The largest absolute Gasteiger partial charge is 0.465 e. The molecule has 0 amide bonds. The lowest BCUT2D eigenvalue weighted by atomic mass is 9.93. The second-order valence-electron chi connectivity index (χ2n) is 18.4. The zero-order valence-electron chi connectivity index (χ0n) is 40.0. The fourth-order valence-corrected chi connectivity index (χ4v) is 5.72. The van der Waals surface area contributed by atoms with E-state index in [1.165, 1.54) is 0 Å². The standard InChI is InChI=1S/C55H74O6/c1-35(2)17-21-43-33-45(57-29-25-39(9)10)34-44(22-18-36(3)4)48(43)54-55(60-32-28-42(15)16)50(56)49-52(59-31-27-41(13)14)46(23-19-37(5)6)51(58-30-26-40(11)12)47(53(49)61-54)24-20-38(7)8/h17-42H,1-16H3/b21-17+,22-18+,23-19+,24-20+,29-25+,30-26-,31-27+,32-28+. The average molecular weight is 831 g/mol. The van der Waals surface area contributed by atoms with Crippen LogP contribution in [0.4, 0.5) is 0 Å². The first-order valence-corrected chi connectivity index (χ1v) is 22.3. The van der Waals surface area contributed by atoms with Gasteiger partial charge in [0.05, 0.1) is 36.2 Å². The molecule has 0 atom stereocenters. The van der Waals surface area contributed by atoms with Gasteiger partial charge in [-0.25, -0.2) is 0 Å². The molecule has 0 bridgehead atoms. The summed E-state index contributed by atoms with van der Waals surface area (Å²) in [6, 6.07) is 3.97. The maximum absolute atomic E-state index is 15.6. The van der Waals surface area contributed by atoms with Crippen LogP contribution in [-0.4, -0.2) is 0 Å². The first kappa shape index (κ1) is 50.1. The molecule has 0 unspecified atom stereocenters. The van der Waals surface area contributed by atoms with Gasteiger partial charge in [0.15, 0.2) is 17.1 Å². The fraction of sp³-hybridized carbons (Fsp3) is 0.436. The van der Waals surface area contributed by atoms with E-state index in [9.17, 15) is 0 Å². The summed E-state index contributed by atoms with van der Waals surface area (Å²) in [5.41, 5.74) is 3.46. The van der Waals surface area contributed by atoms with Crippen LogP contribution in [0.5, 0.6) is 23.0 Å². The fourth-order valence-electron chi connectivity index (χ4n) is 5.72. The third-order valence-electron chi connectivity index (χ3n) is 8.91. The van der Waals surface area contributed by atoms with E-state index in [2.05, 4.69) is 147 Å². The van der Waals surface area contributed by atoms with Gasteiger partial charge >= 0.3 is 0 Å². The first-order chi connectivity index (χ1) is 28.8. The number of hydrogen-bond acceptors (Lipinski definition) is 6. The van der Waals surface area contributed by atoms with Crippen molar-refractivity contribution in [2.75, 3.05) is 0 Å². The molecule has 0 aliphatic heterocycles. The second-order valence-corrected chi connectivity index (χ2v) is 18.4. The van der Waals surface area contributed by atoms with Gasteiger partial charge in [-0.05, 0) is 94.9 Å². The molecule has 3 rings (SSSR count). The molecule has 0 N–H and O–H groups in total. The highest BCUT2D eigenvalue weighted by Crippen LogP contribution is 2.47. The van der Waals surface area contributed by atoms with Gasteiger partial charge in [-0.3, -0.25) is 4.79 Å². The Morgan fingerprint density at radius 2 is 0.787 bits per heavy atom. The van der Waals surface area contributed by atoms with Crippen LogP contribution in [0, 0.1) is 47.3 Å². The summed E-state index contributed by atoms with van der Waals surface area (Å²) >= 11 is 0. The molecule has 0 saturated heterocycles. The van der Waals surface area contributed by atoms with Crippen molar-refractivity contribution in [3.05, 3.63) is 118 Å². The van der Waals surface area contributed by atoms with Crippen LogP contribution in [0.3, 0.4) is 0 Å². The molecule has 0 spiro atoms. The Balaban J connectivity index is 2.87. The van der Waals surface area contributed by atoms with Gasteiger partial charge in [-0.1, -0.05) is 159 Å². The highest BCUT2D eigenvalue weighted by Gasteiger charge is 2.30. The molecule has 0 fully saturated rings. The lowest BCUT2D eigenvalue weighted by Gasteiger charge is -2.20. The van der Waals surface area contributed by atoms with Crippen LogP contribution in [-0.2, 0) is 0 Å². The maximum atomic E-state index is 15.6. The molecular weight excluding hydrogens is 757 g/mol. The molecule has 6 heteroatoms. The van der Waals surface area contributed by atoms with Crippen molar-refractivity contribution in [2.24, 2.45) is 47.3 Å². The van der Waals surface area contributed by atoms with Crippen molar-refractivity contribution in [1.29, 1.82) is 0 Å². The molecule has 0 radical (unpaired) electrons.